The first-order chi connectivity index (χ1) is 12.7. The highest BCUT2D eigenvalue weighted by Gasteiger charge is 2.13. The summed E-state index contributed by atoms with van der Waals surface area (Å²) in [5, 5.41) is 2.92. The zero-order valence-electron chi connectivity index (χ0n) is 15.0. The molecule has 2 aromatic carbocycles. The predicted molar refractivity (Wildman–Crippen MR) is 104 cm³/mol. The third-order valence-electron chi connectivity index (χ3n) is 4.11. The number of nitrogens with zero attached hydrogens (tertiary/aromatic N) is 1. The minimum absolute atomic E-state index is 0.0448. The van der Waals surface area contributed by atoms with Crippen LogP contribution in [0, 0.1) is 0 Å². The Kier molecular flexibility index (Phi) is 6.28. The Morgan fingerprint density at radius 3 is 2.65 bits per heavy atom. The average molecular weight is 352 g/mol. The van der Waals surface area contributed by atoms with Gasteiger partial charge >= 0.3 is 0 Å². The zero-order valence-corrected chi connectivity index (χ0v) is 15.0. The Morgan fingerprint density at radius 1 is 1.12 bits per heavy atom. The maximum atomic E-state index is 12.3. The largest absolute Gasteiger partial charge is 0.486 e. The average Bonchev–Trinajstić information content (AvgIpc) is 2.68. The number of carbonyl (C=O) groups is 1. The lowest BCUT2D eigenvalue weighted by molar-refractivity contribution is -0.117. The van der Waals surface area contributed by atoms with E-state index in [9.17, 15) is 4.79 Å². The molecule has 1 aliphatic heterocycles. The van der Waals surface area contributed by atoms with E-state index in [0.29, 0.717) is 25.5 Å². The monoisotopic (exact) mass is 352 g/mol. The molecule has 0 bridgehead atoms. The fourth-order valence-electron chi connectivity index (χ4n) is 2.73. The molecular weight excluding hydrogens is 328 g/mol. The number of likely N-dealkylation sites (N-methyl/N-ethyl adjacent to an activating group) is 1. The van der Waals surface area contributed by atoms with Crippen LogP contribution in [0.4, 0.5) is 5.69 Å². The SMILES string of the molecule is CCN(C/C=C/c1ccccc1)CC(=O)Nc1ccc2c(c1)OCCO2. The van der Waals surface area contributed by atoms with Crippen molar-refractivity contribution in [2.75, 3.05) is 38.2 Å². The molecule has 0 aromatic heterocycles. The second-order valence-electron chi connectivity index (χ2n) is 6.05. The van der Waals surface area contributed by atoms with Gasteiger partial charge in [0.15, 0.2) is 11.5 Å². The molecule has 26 heavy (non-hydrogen) atoms. The van der Waals surface area contributed by atoms with Crippen LogP contribution < -0.4 is 14.8 Å². The Balaban J connectivity index is 1.51. The summed E-state index contributed by atoms with van der Waals surface area (Å²) in [6, 6.07) is 15.6. The van der Waals surface area contributed by atoms with Gasteiger partial charge in [-0.25, -0.2) is 0 Å². The van der Waals surface area contributed by atoms with Crippen molar-refractivity contribution in [3.05, 3.63) is 60.2 Å². The number of fused-ring (bicyclic) bond motifs is 1. The smallest absolute Gasteiger partial charge is 0.238 e. The Morgan fingerprint density at radius 2 is 1.88 bits per heavy atom. The van der Waals surface area contributed by atoms with Gasteiger partial charge in [0.2, 0.25) is 5.91 Å². The van der Waals surface area contributed by atoms with Crippen molar-refractivity contribution in [3.8, 4) is 11.5 Å². The van der Waals surface area contributed by atoms with Crippen molar-refractivity contribution in [2.45, 2.75) is 6.92 Å². The van der Waals surface area contributed by atoms with Crippen molar-refractivity contribution in [1.29, 1.82) is 0 Å². The maximum absolute atomic E-state index is 12.3. The van der Waals surface area contributed by atoms with Crippen molar-refractivity contribution in [3.63, 3.8) is 0 Å². The molecule has 5 heteroatoms. The van der Waals surface area contributed by atoms with Crippen molar-refractivity contribution >= 4 is 17.7 Å². The number of ether oxygens (including phenoxy) is 2. The molecule has 1 aliphatic rings. The minimum Gasteiger partial charge on any atom is -0.486 e. The van der Waals surface area contributed by atoms with E-state index >= 15 is 0 Å². The summed E-state index contributed by atoms with van der Waals surface area (Å²) in [5.74, 6) is 1.35. The molecule has 0 atom stereocenters. The first-order valence-electron chi connectivity index (χ1n) is 8.88. The highest BCUT2D eigenvalue weighted by Crippen LogP contribution is 2.32. The number of nitrogens with one attached hydrogen (secondary N) is 1. The number of hydrogen-bond donors (Lipinski definition) is 1. The summed E-state index contributed by atoms with van der Waals surface area (Å²) in [4.78, 5) is 14.4. The number of anilines is 1. The maximum Gasteiger partial charge on any atom is 0.238 e. The van der Waals surface area contributed by atoms with Gasteiger partial charge in [0.25, 0.3) is 0 Å². The van der Waals surface area contributed by atoms with Gasteiger partial charge in [-0.1, -0.05) is 49.4 Å². The molecule has 0 aliphatic carbocycles. The summed E-state index contributed by atoms with van der Waals surface area (Å²) in [5.41, 5.74) is 1.87. The Bertz CT molecular complexity index is 759. The molecule has 1 amide bonds. The van der Waals surface area contributed by atoms with Gasteiger partial charge in [0.05, 0.1) is 6.54 Å². The van der Waals surface area contributed by atoms with Crippen molar-refractivity contribution in [1.82, 2.24) is 4.90 Å². The molecule has 2 aromatic rings. The van der Waals surface area contributed by atoms with Crippen LogP contribution in [0.2, 0.25) is 0 Å². The molecule has 0 unspecified atom stereocenters. The van der Waals surface area contributed by atoms with E-state index in [2.05, 4.69) is 34.5 Å². The van der Waals surface area contributed by atoms with Crippen LogP contribution in [0.15, 0.2) is 54.6 Å². The molecule has 3 rings (SSSR count). The van der Waals surface area contributed by atoms with Crippen LogP contribution in [0.1, 0.15) is 12.5 Å². The quantitative estimate of drug-likeness (QED) is 0.829. The molecule has 1 heterocycles. The third kappa shape index (κ3) is 5.10. The standard InChI is InChI=1S/C21H24N2O3/c1-2-23(12-6-9-17-7-4-3-5-8-17)16-21(24)22-18-10-11-19-20(15-18)26-14-13-25-19/h3-11,15H,2,12-14,16H2,1H3,(H,22,24)/b9-6+. The summed E-state index contributed by atoms with van der Waals surface area (Å²) < 4.78 is 11.0. The van der Waals surface area contributed by atoms with E-state index in [1.165, 1.54) is 0 Å². The lowest BCUT2D eigenvalue weighted by Gasteiger charge is -2.20. The molecule has 0 spiro atoms. The highest BCUT2D eigenvalue weighted by atomic mass is 16.6. The van der Waals surface area contributed by atoms with Gasteiger partial charge in [-0.05, 0) is 24.2 Å². The molecule has 0 radical (unpaired) electrons. The van der Waals surface area contributed by atoms with Gasteiger partial charge < -0.3 is 14.8 Å². The molecule has 1 N–H and O–H groups in total. The van der Waals surface area contributed by atoms with Gasteiger partial charge in [-0.3, -0.25) is 9.69 Å². The number of hydrogen-bond acceptors (Lipinski definition) is 4. The van der Waals surface area contributed by atoms with Crippen LogP contribution in [0.3, 0.4) is 0 Å². The van der Waals surface area contributed by atoms with E-state index in [4.69, 9.17) is 9.47 Å². The van der Waals surface area contributed by atoms with Crippen LogP contribution in [0.5, 0.6) is 11.5 Å². The Hall–Kier alpha value is -2.79. The Labute approximate surface area is 154 Å². The second-order valence-corrected chi connectivity index (χ2v) is 6.05. The summed E-state index contributed by atoms with van der Waals surface area (Å²) in [7, 11) is 0. The summed E-state index contributed by atoms with van der Waals surface area (Å²) in [6.45, 7) is 4.99. The third-order valence-corrected chi connectivity index (χ3v) is 4.11. The van der Waals surface area contributed by atoms with Crippen LogP contribution in [0.25, 0.3) is 6.08 Å². The van der Waals surface area contributed by atoms with E-state index in [0.717, 1.165) is 30.1 Å². The molecule has 136 valence electrons. The molecule has 0 saturated carbocycles. The van der Waals surface area contributed by atoms with Crippen LogP contribution in [-0.4, -0.2) is 43.7 Å². The number of carbonyl (C=O) groups excluding carboxylic acids is 1. The molecule has 0 fully saturated rings. The summed E-state index contributed by atoms with van der Waals surface area (Å²) >= 11 is 0. The van der Waals surface area contributed by atoms with Gasteiger partial charge in [0.1, 0.15) is 13.2 Å². The zero-order chi connectivity index (χ0) is 18.2. The first kappa shape index (κ1) is 18.0. The van der Waals surface area contributed by atoms with Gasteiger partial charge in [-0.2, -0.15) is 0 Å². The molecule has 5 nitrogen and oxygen atoms in total. The first-order valence-corrected chi connectivity index (χ1v) is 8.88. The second kappa shape index (κ2) is 9.06. The normalized spacial score (nSPS) is 13.2. The lowest BCUT2D eigenvalue weighted by Crippen LogP contribution is -2.33. The van der Waals surface area contributed by atoms with Crippen molar-refractivity contribution in [2.24, 2.45) is 0 Å². The van der Waals surface area contributed by atoms with Crippen LogP contribution >= 0.6 is 0 Å². The number of benzene rings is 2. The summed E-state index contributed by atoms with van der Waals surface area (Å²) in [6.07, 6.45) is 4.15. The van der Waals surface area contributed by atoms with Gasteiger partial charge in [-0.15, -0.1) is 0 Å². The fraction of sp³-hybridized carbons (Fsp3) is 0.286. The van der Waals surface area contributed by atoms with Crippen LogP contribution in [-0.2, 0) is 4.79 Å². The molecule has 0 saturated heterocycles. The predicted octanol–water partition coefficient (Wildman–Crippen LogP) is 3.43. The van der Waals surface area contributed by atoms with Crippen molar-refractivity contribution < 1.29 is 14.3 Å². The van der Waals surface area contributed by atoms with Gasteiger partial charge in [0, 0.05) is 18.3 Å². The number of rotatable bonds is 7. The van der Waals surface area contributed by atoms with E-state index < -0.39 is 0 Å². The molecular formula is C21H24N2O3. The van der Waals surface area contributed by atoms with E-state index in [1.807, 2.05) is 37.3 Å². The number of amides is 1. The minimum atomic E-state index is -0.0448. The lowest BCUT2D eigenvalue weighted by atomic mass is 10.2. The highest BCUT2D eigenvalue weighted by molar-refractivity contribution is 5.92. The fourth-order valence-corrected chi connectivity index (χ4v) is 2.73. The van der Waals surface area contributed by atoms with E-state index in [-0.39, 0.29) is 5.91 Å². The topological polar surface area (TPSA) is 50.8 Å². The van der Waals surface area contributed by atoms with E-state index in [1.54, 1.807) is 6.07 Å².